The average Bonchev–Trinajstić information content (AvgIpc) is 3.27. The molecule has 1 aromatic rings. The molecule has 2 N–H and O–H groups in total. The molecule has 2 atom stereocenters. The van der Waals surface area contributed by atoms with Gasteiger partial charge < -0.3 is 15.2 Å². The Morgan fingerprint density at radius 3 is 2.76 bits per heavy atom. The smallest absolute Gasteiger partial charge is 0.218 e. The Balaban J connectivity index is 1.36. The van der Waals surface area contributed by atoms with E-state index in [1.165, 1.54) is 36.1 Å². The number of hydrogen-bond acceptors (Lipinski definition) is 5. The number of nitrogens with two attached hydrogens (primary N) is 1. The number of thiophene rings is 1. The quantitative estimate of drug-likeness (QED) is 0.624. The van der Waals surface area contributed by atoms with Crippen LogP contribution < -0.4 is 15.6 Å². The van der Waals surface area contributed by atoms with Crippen LogP contribution >= 0.6 is 11.3 Å². The van der Waals surface area contributed by atoms with Crippen molar-refractivity contribution in [3.8, 4) is 0 Å². The van der Waals surface area contributed by atoms with Crippen LogP contribution in [0.25, 0.3) is 5.76 Å². The van der Waals surface area contributed by atoms with Gasteiger partial charge in [-0.2, -0.15) is 0 Å². The molecule has 5 rings (SSSR count). The van der Waals surface area contributed by atoms with Crippen molar-refractivity contribution in [3.05, 3.63) is 44.8 Å². The first-order valence-corrected chi connectivity index (χ1v) is 13.5. The molecule has 0 radical (unpaired) electrons. The van der Waals surface area contributed by atoms with Gasteiger partial charge in [0.05, 0.1) is 24.5 Å². The van der Waals surface area contributed by atoms with E-state index in [0.717, 1.165) is 77.9 Å². The second-order valence-electron chi connectivity index (χ2n) is 10.3. The summed E-state index contributed by atoms with van der Waals surface area (Å²) in [7, 11) is 0. The van der Waals surface area contributed by atoms with Crippen LogP contribution in [0.2, 0.25) is 0 Å². The van der Waals surface area contributed by atoms with Gasteiger partial charge in [-0.1, -0.05) is 19.9 Å². The molecule has 5 nitrogen and oxygen atoms in total. The average molecular weight is 469 g/mol. The van der Waals surface area contributed by atoms with E-state index in [9.17, 15) is 4.79 Å². The van der Waals surface area contributed by atoms with Gasteiger partial charge in [0.25, 0.3) is 0 Å². The first-order chi connectivity index (χ1) is 16.0. The third kappa shape index (κ3) is 4.69. The van der Waals surface area contributed by atoms with E-state index in [1.807, 2.05) is 12.3 Å². The topological polar surface area (TPSA) is 73.9 Å². The van der Waals surface area contributed by atoms with E-state index in [2.05, 4.69) is 13.5 Å². The van der Waals surface area contributed by atoms with E-state index in [-0.39, 0.29) is 17.9 Å². The zero-order chi connectivity index (χ0) is 22.9. The molecular weight excluding hydrogens is 432 g/mol. The number of rotatable bonds is 8. The maximum absolute atomic E-state index is 11.7. The predicted molar refractivity (Wildman–Crippen MR) is 131 cm³/mol. The molecule has 3 heterocycles. The fourth-order valence-electron chi connectivity index (χ4n) is 6.25. The van der Waals surface area contributed by atoms with E-state index in [0.29, 0.717) is 6.42 Å². The van der Waals surface area contributed by atoms with Crippen molar-refractivity contribution >= 4 is 23.0 Å². The van der Waals surface area contributed by atoms with E-state index < -0.39 is 0 Å². The van der Waals surface area contributed by atoms with Crippen LogP contribution in [0.3, 0.4) is 0 Å². The Kier molecular flexibility index (Phi) is 6.75. The molecule has 0 aromatic carbocycles. The number of ether oxygens (including phenoxy) is 2. The lowest BCUT2D eigenvalue weighted by Crippen LogP contribution is -2.34. The number of primary amides is 1. The number of carbonyl (C=O) groups excluding carboxylic acids is 1. The Morgan fingerprint density at radius 1 is 1.30 bits per heavy atom. The number of hydrogen-bond donors (Lipinski definition) is 1. The first kappa shape index (κ1) is 22.9. The molecule has 1 aromatic heterocycles. The van der Waals surface area contributed by atoms with Crippen molar-refractivity contribution in [3.63, 3.8) is 0 Å². The summed E-state index contributed by atoms with van der Waals surface area (Å²) >= 11 is 1.73. The van der Waals surface area contributed by atoms with Gasteiger partial charge in [-0.05, 0) is 74.3 Å². The predicted octanol–water partition coefficient (Wildman–Crippen LogP) is 4.10. The zero-order valence-corrected chi connectivity index (χ0v) is 20.5. The lowest BCUT2D eigenvalue weighted by Gasteiger charge is -2.37. The molecule has 2 fully saturated rings. The van der Waals surface area contributed by atoms with Gasteiger partial charge in [-0.3, -0.25) is 4.79 Å². The molecule has 1 saturated heterocycles. The summed E-state index contributed by atoms with van der Waals surface area (Å²) in [5.74, 6) is 3.18. The molecule has 178 valence electrons. The van der Waals surface area contributed by atoms with Crippen LogP contribution in [-0.2, 0) is 20.7 Å². The Hall–Kier alpha value is -1.92. The standard InChI is InChI=1S/C27H36N2O3S/c1-3-18(12-17-14-31-15-17)19-4-7-21(8-5-19)32-26-16(2)10-11-29-27-25(26)24-20(13-23(28)30)6-9-22(24)33-27/h10-11,17-21H,2-9,12-15H2,1H3,(H2,28,30). The summed E-state index contributed by atoms with van der Waals surface area (Å²) in [6.45, 7) is 8.56. The Bertz CT molecular complexity index is 1060. The third-order valence-electron chi connectivity index (χ3n) is 8.10. The van der Waals surface area contributed by atoms with Gasteiger partial charge in [0.15, 0.2) is 0 Å². The molecule has 33 heavy (non-hydrogen) atoms. The highest BCUT2D eigenvalue weighted by Crippen LogP contribution is 2.39. The van der Waals surface area contributed by atoms with Gasteiger partial charge in [0.1, 0.15) is 10.4 Å². The SMILES string of the molecule is C=C1C=CN=c2sc3c(c2=C1OC1CCC(C(CC)CC2COC2)CC1)C(CC(N)=O)CC3. The van der Waals surface area contributed by atoms with Crippen molar-refractivity contribution in [2.24, 2.45) is 28.5 Å². The summed E-state index contributed by atoms with van der Waals surface area (Å²) in [5.41, 5.74) is 7.69. The molecule has 2 unspecified atom stereocenters. The van der Waals surface area contributed by atoms with Crippen LogP contribution in [0.15, 0.2) is 29.4 Å². The lowest BCUT2D eigenvalue weighted by molar-refractivity contribution is -0.118. The van der Waals surface area contributed by atoms with Gasteiger partial charge in [-0.25, -0.2) is 4.99 Å². The molecule has 1 amide bonds. The van der Waals surface area contributed by atoms with Gasteiger partial charge in [-0.15, -0.1) is 11.3 Å². The van der Waals surface area contributed by atoms with Gasteiger partial charge in [0, 0.05) is 29.0 Å². The summed E-state index contributed by atoms with van der Waals surface area (Å²) in [6.07, 6.45) is 13.6. The lowest BCUT2D eigenvalue weighted by atomic mass is 9.74. The molecular formula is C27H36N2O3S. The van der Waals surface area contributed by atoms with Crippen LogP contribution in [-0.4, -0.2) is 25.2 Å². The third-order valence-corrected chi connectivity index (χ3v) is 9.28. The van der Waals surface area contributed by atoms with Crippen LogP contribution in [0.5, 0.6) is 0 Å². The minimum atomic E-state index is -0.241. The van der Waals surface area contributed by atoms with E-state index in [1.54, 1.807) is 11.3 Å². The first-order valence-electron chi connectivity index (χ1n) is 12.7. The summed E-state index contributed by atoms with van der Waals surface area (Å²) < 4.78 is 13.1. The van der Waals surface area contributed by atoms with E-state index in [4.69, 9.17) is 20.2 Å². The van der Waals surface area contributed by atoms with Gasteiger partial charge >= 0.3 is 0 Å². The minimum absolute atomic E-state index is 0.161. The fourth-order valence-corrected chi connectivity index (χ4v) is 7.50. The maximum Gasteiger partial charge on any atom is 0.218 e. The number of carbonyl (C=O) groups is 1. The molecule has 0 spiro atoms. The molecule has 1 saturated carbocycles. The summed E-state index contributed by atoms with van der Waals surface area (Å²) in [5, 5.41) is 1.08. The maximum atomic E-state index is 11.7. The molecule has 2 aliphatic heterocycles. The summed E-state index contributed by atoms with van der Waals surface area (Å²) in [6, 6.07) is 0. The van der Waals surface area contributed by atoms with Crippen LogP contribution in [0.4, 0.5) is 0 Å². The minimum Gasteiger partial charge on any atom is -0.489 e. The van der Waals surface area contributed by atoms with Crippen molar-refractivity contribution < 1.29 is 14.3 Å². The number of amides is 1. The highest BCUT2D eigenvalue weighted by atomic mass is 32.1. The van der Waals surface area contributed by atoms with E-state index >= 15 is 0 Å². The molecule has 2 aliphatic carbocycles. The van der Waals surface area contributed by atoms with Crippen LogP contribution in [0, 0.1) is 17.8 Å². The molecule has 0 bridgehead atoms. The van der Waals surface area contributed by atoms with Gasteiger partial charge in [0.2, 0.25) is 5.91 Å². The van der Waals surface area contributed by atoms with Crippen molar-refractivity contribution in [1.82, 2.24) is 0 Å². The van der Waals surface area contributed by atoms with Crippen molar-refractivity contribution in [1.29, 1.82) is 0 Å². The summed E-state index contributed by atoms with van der Waals surface area (Å²) in [4.78, 5) is 17.7. The zero-order valence-electron chi connectivity index (χ0n) is 19.7. The Labute approximate surface area is 200 Å². The molecule has 6 heteroatoms. The highest BCUT2D eigenvalue weighted by Gasteiger charge is 2.33. The second kappa shape index (κ2) is 9.75. The number of fused-ring (bicyclic) bond motifs is 3. The number of nitrogens with zero attached hydrogens (tertiary/aromatic N) is 1. The van der Waals surface area contributed by atoms with Crippen molar-refractivity contribution in [2.45, 2.75) is 76.7 Å². The second-order valence-corrected chi connectivity index (χ2v) is 11.4. The van der Waals surface area contributed by atoms with Crippen molar-refractivity contribution in [2.75, 3.05) is 13.2 Å². The molecule has 4 aliphatic rings. The normalized spacial score (nSPS) is 27.8. The Morgan fingerprint density at radius 2 is 2.09 bits per heavy atom. The highest BCUT2D eigenvalue weighted by molar-refractivity contribution is 7.09. The number of aryl methyl sites for hydroxylation is 1. The monoisotopic (exact) mass is 468 g/mol. The van der Waals surface area contributed by atoms with Crippen LogP contribution in [0.1, 0.15) is 74.6 Å². The largest absolute Gasteiger partial charge is 0.489 e. The fraction of sp³-hybridized carbons (Fsp3) is 0.630.